The highest BCUT2D eigenvalue weighted by atomic mass is 19.3. The van der Waals surface area contributed by atoms with Gasteiger partial charge in [-0.2, -0.15) is 0 Å². The number of benzene rings is 2. The van der Waals surface area contributed by atoms with E-state index in [4.69, 9.17) is 4.42 Å². The van der Waals surface area contributed by atoms with Crippen molar-refractivity contribution in [2.45, 2.75) is 45.2 Å². The third-order valence-electron chi connectivity index (χ3n) is 5.72. The van der Waals surface area contributed by atoms with Gasteiger partial charge in [0, 0.05) is 29.5 Å². The second-order valence-electron chi connectivity index (χ2n) is 8.48. The van der Waals surface area contributed by atoms with Gasteiger partial charge in [-0.1, -0.05) is 24.3 Å². The average molecular weight is 445 g/mol. The van der Waals surface area contributed by atoms with Crippen LogP contribution in [0.2, 0.25) is 0 Å². The highest BCUT2D eigenvalue weighted by Crippen LogP contribution is 2.45. The van der Waals surface area contributed by atoms with Crippen molar-refractivity contribution in [3.63, 3.8) is 0 Å². The van der Waals surface area contributed by atoms with Crippen molar-refractivity contribution in [1.82, 2.24) is 4.90 Å². The zero-order valence-electron chi connectivity index (χ0n) is 18.0. The van der Waals surface area contributed by atoms with E-state index in [1.165, 1.54) is 24.0 Å². The topological polar surface area (TPSA) is 33.5 Å². The van der Waals surface area contributed by atoms with Gasteiger partial charge in [-0.15, -0.1) is 0 Å². The molecule has 4 rings (SSSR count). The first-order valence-corrected chi connectivity index (χ1v) is 10.4. The van der Waals surface area contributed by atoms with Crippen LogP contribution in [0.25, 0.3) is 17.0 Å². The molecule has 3 aromatic rings. The first-order valence-electron chi connectivity index (χ1n) is 10.4. The maximum atomic E-state index is 15.3. The van der Waals surface area contributed by atoms with E-state index in [2.05, 4.69) is 0 Å². The molecule has 1 aliphatic heterocycles. The van der Waals surface area contributed by atoms with E-state index in [1.807, 2.05) is 12.1 Å². The molecule has 7 heteroatoms. The quantitative estimate of drug-likeness (QED) is 0.341. The minimum Gasteiger partial charge on any atom is -0.459 e. The van der Waals surface area contributed by atoms with Gasteiger partial charge in [0.25, 0.3) is 5.92 Å². The molecule has 0 saturated heterocycles. The average Bonchev–Trinajstić information content (AvgIpc) is 3.05. The first kappa shape index (κ1) is 22.3. The summed E-state index contributed by atoms with van der Waals surface area (Å²) in [6, 6.07) is 7.86. The summed E-state index contributed by atoms with van der Waals surface area (Å²) in [7, 11) is 0. The van der Waals surface area contributed by atoms with Crippen LogP contribution in [0.5, 0.6) is 0 Å². The van der Waals surface area contributed by atoms with E-state index in [-0.39, 0.29) is 22.7 Å². The van der Waals surface area contributed by atoms with Crippen LogP contribution in [-0.4, -0.2) is 29.2 Å². The molecule has 0 bridgehead atoms. The second-order valence-corrected chi connectivity index (χ2v) is 8.48. The number of allylic oxidation sites excluding steroid dienone is 1. The molecule has 2 heterocycles. The van der Waals surface area contributed by atoms with Gasteiger partial charge in [-0.3, -0.25) is 9.69 Å². The van der Waals surface area contributed by atoms with Gasteiger partial charge in [0.2, 0.25) is 0 Å². The summed E-state index contributed by atoms with van der Waals surface area (Å²) >= 11 is 0. The van der Waals surface area contributed by atoms with Crippen LogP contribution < -0.4 is 0 Å². The highest BCUT2D eigenvalue weighted by Gasteiger charge is 2.43. The van der Waals surface area contributed by atoms with E-state index >= 15 is 8.78 Å². The molecule has 1 aliphatic rings. The summed E-state index contributed by atoms with van der Waals surface area (Å²) in [5.74, 6) is -4.84. The minimum atomic E-state index is -3.08. The molecule has 2 aromatic carbocycles. The zero-order chi connectivity index (χ0) is 23.2. The maximum Gasteiger partial charge on any atom is 0.257 e. The van der Waals surface area contributed by atoms with Crippen molar-refractivity contribution in [1.29, 1.82) is 0 Å². The SMILES string of the molecule is CC(=O)/C=C/c1cc(F)c(C2c3oc4ccccc4c3CC(C)N2CC(C)(F)F)c(F)c1. The Morgan fingerprint density at radius 3 is 2.50 bits per heavy atom. The molecule has 0 amide bonds. The van der Waals surface area contributed by atoms with E-state index < -0.39 is 36.2 Å². The lowest BCUT2D eigenvalue weighted by Gasteiger charge is -2.41. The van der Waals surface area contributed by atoms with Gasteiger partial charge in [-0.25, -0.2) is 17.6 Å². The predicted molar refractivity (Wildman–Crippen MR) is 115 cm³/mol. The highest BCUT2D eigenvalue weighted by molar-refractivity contribution is 5.91. The number of halogens is 4. The van der Waals surface area contributed by atoms with Gasteiger partial charge in [-0.05, 0) is 50.1 Å². The van der Waals surface area contributed by atoms with Crippen LogP contribution in [-0.2, 0) is 11.2 Å². The van der Waals surface area contributed by atoms with Crippen molar-refractivity contribution in [3.8, 4) is 0 Å². The molecule has 0 N–H and O–H groups in total. The zero-order valence-corrected chi connectivity index (χ0v) is 18.0. The van der Waals surface area contributed by atoms with Crippen molar-refractivity contribution >= 4 is 22.8 Å². The Balaban J connectivity index is 1.92. The Morgan fingerprint density at radius 2 is 1.88 bits per heavy atom. The largest absolute Gasteiger partial charge is 0.459 e. The minimum absolute atomic E-state index is 0.167. The van der Waals surface area contributed by atoms with Crippen LogP contribution >= 0.6 is 0 Å². The van der Waals surface area contributed by atoms with Crippen molar-refractivity contribution in [3.05, 3.63) is 76.6 Å². The summed E-state index contributed by atoms with van der Waals surface area (Å²) in [5.41, 5.74) is 1.14. The first-order chi connectivity index (χ1) is 15.0. The molecule has 0 spiro atoms. The third kappa shape index (κ3) is 4.21. The molecular formula is C25H23F4NO2. The number of hydrogen-bond donors (Lipinski definition) is 0. The lowest BCUT2D eigenvalue weighted by atomic mass is 9.88. The molecule has 0 saturated carbocycles. The number of furan rings is 1. The molecule has 0 fully saturated rings. The van der Waals surface area contributed by atoms with Gasteiger partial charge >= 0.3 is 0 Å². The van der Waals surface area contributed by atoms with Crippen LogP contribution in [0.15, 0.2) is 46.9 Å². The number of hydrogen-bond acceptors (Lipinski definition) is 3. The Kier molecular flexibility index (Phi) is 5.71. The molecule has 3 nitrogen and oxygen atoms in total. The molecule has 0 radical (unpaired) electrons. The van der Waals surface area contributed by atoms with Gasteiger partial charge in [0.05, 0.1) is 6.54 Å². The summed E-state index contributed by atoms with van der Waals surface area (Å²) in [6.45, 7) is 3.20. The summed E-state index contributed by atoms with van der Waals surface area (Å²) < 4.78 is 64.7. The number of carbonyl (C=O) groups is 1. The van der Waals surface area contributed by atoms with E-state index in [0.717, 1.165) is 30.0 Å². The fraction of sp³-hybridized carbons (Fsp3) is 0.320. The molecule has 2 unspecified atom stereocenters. The Hall–Kier alpha value is -2.93. The van der Waals surface area contributed by atoms with Crippen molar-refractivity contribution < 1.29 is 26.8 Å². The lowest BCUT2D eigenvalue weighted by molar-refractivity contribution is -0.112. The Labute approximate surface area is 183 Å². The smallest absolute Gasteiger partial charge is 0.257 e. The fourth-order valence-corrected chi connectivity index (χ4v) is 4.41. The normalized spacial score (nSPS) is 19.6. The Bertz CT molecular complexity index is 1190. The van der Waals surface area contributed by atoms with Gasteiger partial charge in [0.15, 0.2) is 5.78 Å². The molecule has 0 aliphatic carbocycles. The fourth-order valence-electron chi connectivity index (χ4n) is 4.41. The number of fused-ring (bicyclic) bond motifs is 3. The Morgan fingerprint density at radius 1 is 1.22 bits per heavy atom. The van der Waals surface area contributed by atoms with Gasteiger partial charge in [0.1, 0.15) is 29.0 Å². The maximum absolute atomic E-state index is 15.3. The summed E-state index contributed by atoms with van der Waals surface area (Å²) in [6.07, 6.45) is 2.94. The van der Waals surface area contributed by atoms with Crippen LogP contribution in [0.4, 0.5) is 17.6 Å². The van der Waals surface area contributed by atoms with Crippen LogP contribution in [0.1, 0.15) is 49.3 Å². The molecular weight excluding hydrogens is 422 g/mol. The summed E-state index contributed by atoms with van der Waals surface area (Å²) in [4.78, 5) is 12.6. The van der Waals surface area contributed by atoms with E-state index in [1.54, 1.807) is 19.1 Å². The van der Waals surface area contributed by atoms with E-state index in [0.29, 0.717) is 12.0 Å². The molecule has 32 heavy (non-hydrogen) atoms. The monoisotopic (exact) mass is 445 g/mol. The van der Waals surface area contributed by atoms with Crippen molar-refractivity contribution in [2.24, 2.45) is 0 Å². The predicted octanol–water partition coefficient (Wildman–Crippen LogP) is 6.30. The van der Waals surface area contributed by atoms with Crippen molar-refractivity contribution in [2.75, 3.05) is 6.54 Å². The van der Waals surface area contributed by atoms with Crippen LogP contribution in [0, 0.1) is 11.6 Å². The number of rotatable bonds is 5. The standard InChI is InChI=1S/C25H23F4NO2/c1-14-10-18-17-6-4-5-7-21(17)32-24(18)23(30(14)13-25(3,28)29)22-19(26)11-16(12-20(22)27)9-8-15(2)31/h4-9,11-12,14,23H,10,13H2,1-3H3/b9-8+. The number of alkyl halides is 2. The third-order valence-corrected chi connectivity index (χ3v) is 5.72. The molecule has 2 atom stereocenters. The number of nitrogens with zero attached hydrogens (tertiary/aromatic N) is 1. The number of carbonyl (C=O) groups excluding carboxylic acids is 1. The van der Waals surface area contributed by atoms with Gasteiger partial charge < -0.3 is 4.42 Å². The van der Waals surface area contributed by atoms with Crippen LogP contribution in [0.3, 0.4) is 0 Å². The number of ketones is 1. The second kappa shape index (κ2) is 8.20. The summed E-state index contributed by atoms with van der Waals surface area (Å²) in [5, 5.41) is 0.809. The molecule has 1 aromatic heterocycles. The number of para-hydroxylation sites is 1. The van der Waals surface area contributed by atoms with E-state index in [9.17, 15) is 13.6 Å². The molecule has 168 valence electrons. The lowest BCUT2D eigenvalue weighted by Crippen LogP contribution is -2.47.